The van der Waals surface area contributed by atoms with Crippen LogP contribution in [0.3, 0.4) is 0 Å². The number of amides is 2. The number of thiophene rings is 1. The van der Waals surface area contributed by atoms with E-state index in [0.29, 0.717) is 4.88 Å². The van der Waals surface area contributed by atoms with E-state index in [2.05, 4.69) is 26.6 Å². The standard InChI is InChI=1S/C14H17BrN2O4S/c1-3-4-5-9(14(20)21)17-12(18)8(2)16-13(19)10-6-7-11(15)22-10/h3-4,6-9H,5H2,1-2H3,(H,16,19)(H,17,18)(H,20,21)/b4-3+. The van der Waals surface area contributed by atoms with Crippen LogP contribution in [0.4, 0.5) is 0 Å². The van der Waals surface area contributed by atoms with Gasteiger partial charge in [0.1, 0.15) is 12.1 Å². The Hall–Kier alpha value is -1.67. The molecule has 0 saturated carbocycles. The molecule has 0 spiro atoms. The number of nitrogens with one attached hydrogen (secondary N) is 2. The van der Waals surface area contributed by atoms with Crippen LogP contribution >= 0.6 is 27.3 Å². The lowest BCUT2D eigenvalue weighted by atomic mass is 10.2. The zero-order chi connectivity index (χ0) is 16.7. The minimum Gasteiger partial charge on any atom is -0.480 e. The van der Waals surface area contributed by atoms with E-state index in [1.54, 1.807) is 31.2 Å². The van der Waals surface area contributed by atoms with Crippen molar-refractivity contribution in [2.45, 2.75) is 32.4 Å². The van der Waals surface area contributed by atoms with Crippen LogP contribution in [-0.2, 0) is 9.59 Å². The summed E-state index contributed by atoms with van der Waals surface area (Å²) >= 11 is 4.50. The summed E-state index contributed by atoms with van der Waals surface area (Å²) in [5.41, 5.74) is 0. The third-order valence-electron chi connectivity index (χ3n) is 2.76. The number of carboxylic acid groups (broad SMARTS) is 1. The highest BCUT2D eigenvalue weighted by Crippen LogP contribution is 2.21. The molecule has 1 aromatic rings. The molecule has 22 heavy (non-hydrogen) atoms. The van der Waals surface area contributed by atoms with Gasteiger partial charge in [0, 0.05) is 0 Å². The number of carboxylic acids is 1. The van der Waals surface area contributed by atoms with E-state index in [0.717, 1.165) is 3.79 Å². The topological polar surface area (TPSA) is 95.5 Å². The van der Waals surface area contributed by atoms with Crippen LogP contribution < -0.4 is 10.6 Å². The van der Waals surface area contributed by atoms with Crippen molar-refractivity contribution in [3.8, 4) is 0 Å². The molecule has 0 radical (unpaired) electrons. The Bertz CT molecular complexity index is 585. The fourth-order valence-corrected chi connectivity index (χ4v) is 2.85. The number of hydrogen-bond acceptors (Lipinski definition) is 4. The van der Waals surface area contributed by atoms with Crippen LogP contribution in [0.2, 0.25) is 0 Å². The first-order valence-electron chi connectivity index (χ1n) is 6.55. The number of carbonyl (C=O) groups excluding carboxylic acids is 2. The third-order valence-corrected chi connectivity index (χ3v) is 4.38. The second-order valence-corrected chi connectivity index (χ2v) is 6.97. The Morgan fingerprint density at radius 2 is 2.05 bits per heavy atom. The summed E-state index contributed by atoms with van der Waals surface area (Å²) < 4.78 is 0.812. The van der Waals surface area contributed by atoms with Gasteiger partial charge in [0.2, 0.25) is 5.91 Å². The van der Waals surface area contributed by atoms with Crippen LogP contribution in [0.5, 0.6) is 0 Å². The summed E-state index contributed by atoms with van der Waals surface area (Å²) in [5.74, 6) is -2.04. The molecule has 0 aliphatic rings. The fourth-order valence-electron chi connectivity index (χ4n) is 1.56. The minimum atomic E-state index is -1.12. The monoisotopic (exact) mass is 388 g/mol. The third kappa shape index (κ3) is 5.61. The number of allylic oxidation sites excluding steroid dienone is 1. The summed E-state index contributed by atoms with van der Waals surface area (Å²) in [6.07, 6.45) is 3.56. The Morgan fingerprint density at radius 1 is 1.36 bits per heavy atom. The van der Waals surface area contributed by atoms with Crippen molar-refractivity contribution in [1.82, 2.24) is 10.6 Å². The summed E-state index contributed by atoms with van der Waals surface area (Å²) in [4.78, 5) is 35.4. The van der Waals surface area contributed by atoms with E-state index in [1.807, 2.05) is 0 Å². The first kappa shape index (κ1) is 18.4. The molecule has 1 rings (SSSR count). The predicted molar refractivity (Wildman–Crippen MR) is 87.9 cm³/mol. The lowest BCUT2D eigenvalue weighted by Gasteiger charge is -2.17. The molecule has 0 aliphatic heterocycles. The molecule has 1 heterocycles. The van der Waals surface area contributed by atoms with Crippen molar-refractivity contribution in [1.29, 1.82) is 0 Å². The summed E-state index contributed by atoms with van der Waals surface area (Å²) in [6, 6.07) is 1.53. The second kappa shape index (κ2) is 8.70. The fraction of sp³-hybridized carbons (Fsp3) is 0.357. The van der Waals surface area contributed by atoms with Crippen molar-refractivity contribution in [3.05, 3.63) is 32.9 Å². The average Bonchev–Trinajstić information content (AvgIpc) is 2.89. The largest absolute Gasteiger partial charge is 0.480 e. The van der Waals surface area contributed by atoms with Gasteiger partial charge in [-0.3, -0.25) is 9.59 Å². The van der Waals surface area contributed by atoms with Crippen LogP contribution in [0.25, 0.3) is 0 Å². The zero-order valence-corrected chi connectivity index (χ0v) is 14.5. The van der Waals surface area contributed by atoms with E-state index in [1.165, 1.54) is 18.3 Å². The molecule has 0 aliphatic carbocycles. The molecule has 0 aromatic carbocycles. The van der Waals surface area contributed by atoms with Gasteiger partial charge in [-0.25, -0.2) is 4.79 Å². The maximum Gasteiger partial charge on any atom is 0.326 e. The number of hydrogen-bond donors (Lipinski definition) is 3. The van der Waals surface area contributed by atoms with Gasteiger partial charge in [-0.2, -0.15) is 0 Å². The van der Waals surface area contributed by atoms with Gasteiger partial charge in [-0.1, -0.05) is 12.2 Å². The molecule has 2 unspecified atom stereocenters. The SMILES string of the molecule is C/C=C/CC(NC(=O)C(C)NC(=O)c1ccc(Br)s1)C(=O)O. The van der Waals surface area contributed by atoms with E-state index < -0.39 is 24.0 Å². The van der Waals surface area contributed by atoms with Gasteiger partial charge in [0.15, 0.2) is 0 Å². The maximum atomic E-state index is 12.0. The van der Waals surface area contributed by atoms with Gasteiger partial charge in [-0.15, -0.1) is 11.3 Å². The predicted octanol–water partition coefficient (Wildman–Crippen LogP) is 2.16. The van der Waals surface area contributed by atoms with E-state index in [-0.39, 0.29) is 12.3 Å². The minimum absolute atomic E-state index is 0.191. The van der Waals surface area contributed by atoms with Gasteiger partial charge in [-0.05, 0) is 48.3 Å². The van der Waals surface area contributed by atoms with E-state index in [4.69, 9.17) is 5.11 Å². The number of rotatable bonds is 7. The molecule has 6 nitrogen and oxygen atoms in total. The quantitative estimate of drug-likeness (QED) is 0.623. The van der Waals surface area contributed by atoms with E-state index in [9.17, 15) is 14.4 Å². The molecule has 1 aromatic heterocycles. The van der Waals surface area contributed by atoms with Crippen LogP contribution in [0.15, 0.2) is 28.1 Å². The molecule has 0 bridgehead atoms. The Balaban J connectivity index is 2.60. The molecule has 2 atom stereocenters. The van der Waals surface area contributed by atoms with Crippen molar-refractivity contribution < 1.29 is 19.5 Å². The van der Waals surface area contributed by atoms with Crippen LogP contribution in [0, 0.1) is 0 Å². The van der Waals surface area contributed by atoms with Gasteiger partial charge < -0.3 is 15.7 Å². The average molecular weight is 389 g/mol. The number of carbonyl (C=O) groups is 3. The Morgan fingerprint density at radius 3 is 2.55 bits per heavy atom. The molecule has 120 valence electrons. The molecule has 0 fully saturated rings. The van der Waals surface area contributed by atoms with Crippen LogP contribution in [-0.4, -0.2) is 35.0 Å². The first-order chi connectivity index (χ1) is 10.3. The van der Waals surface area contributed by atoms with E-state index >= 15 is 0 Å². The summed E-state index contributed by atoms with van der Waals surface area (Å²) in [6.45, 7) is 3.27. The van der Waals surface area contributed by atoms with Crippen molar-refractivity contribution in [2.75, 3.05) is 0 Å². The molecular formula is C14H17BrN2O4S. The Labute approximate surface area is 140 Å². The van der Waals surface area contributed by atoms with Gasteiger partial charge >= 0.3 is 5.97 Å². The number of aliphatic carboxylic acids is 1. The normalized spacial score (nSPS) is 13.6. The first-order valence-corrected chi connectivity index (χ1v) is 8.16. The van der Waals surface area contributed by atoms with Crippen molar-refractivity contribution in [2.24, 2.45) is 0 Å². The highest BCUT2D eigenvalue weighted by molar-refractivity contribution is 9.11. The van der Waals surface area contributed by atoms with Crippen molar-refractivity contribution >= 4 is 45.1 Å². The summed E-state index contributed by atoms with van der Waals surface area (Å²) in [5, 5.41) is 14.0. The lowest BCUT2D eigenvalue weighted by molar-refractivity contribution is -0.141. The molecule has 2 amide bonds. The van der Waals surface area contributed by atoms with Gasteiger partial charge in [0.25, 0.3) is 5.91 Å². The molecule has 3 N–H and O–H groups in total. The van der Waals surface area contributed by atoms with Crippen LogP contribution in [0.1, 0.15) is 29.9 Å². The van der Waals surface area contributed by atoms with Crippen molar-refractivity contribution in [3.63, 3.8) is 0 Å². The molecular weight excluding hydrogens is 372 g/mol. The highest BCUT2D eigenvalue weighted by atomic mass is 79.9. The Kier molecular flexibility index (Phi) is 7.26. The maximum absolute atomic E-state index is 12.0. The lowest BCUT2D eigenvalue weighted by Crippen LogP contribution is -2.50. The highest BCUT2D eigenvalue weighted by Gasteiger charge is 2.23. The molecule has 8 heteroatoms. The van der Waals surface area contributed by atoms with Gasteiger partial charge in [0.05, 0.1) is 8.66 Å². The zero-order valence-electron chi connectivity index (χ0n) is 12.1. The molecule has 0 saturated heterocycles. The smallest absolute Gasteiger partial charge is 0.326 e. The summed E-state index contributed by atoms with van der Waals surface area (Å²) in [7, 11) is 0. The number of halogens is 1. The second-order valence-electron chi connectivity index (χ2n) is 4.50.